The van der Waals surface area contributed by atoms with E-state index in [1.165, 1.54) is 11.3 Å². The van der Waals surface area contributed by atoms with Crippen molar-refractivity contribution in [2.24, 2.45) is 5.73 Å². The normalized spacial score (nSPS) is 10.2. The summed E-state index contributed by atoms with van der Waals surface area (Å²) in [6.45, 7) is 1.96. The zero-order valence-electron chi connectivity index (χ0n) is 9.56. The standard InChI is InChI=1S/C12H12N2O2S/c1-7-5-8(3-4-10(7)16-2)9-6-17-12(14-9)11(13)15/h3-6H,1-2H3,(H2,13,15). The number of nitrogens with two attached hydrogens (primary N) is 1. The fourth-order valence-electron chi connectivity index (χ4n) is 1.56. The topological polar surface area (TPSA) is 65.2 Å². The average Bonchev–Trinajstić information content (AvgIpc) is 2.78. The van der Waals surface area contributed by atoms with Gasteiger partial charge >= 0.3 is 0 Å². The number of ether oxygens (including phenoxy) is 1. The van der Waals surface area contributed by atoms with Crippen LogP contribution in [0.4, 0.5) is 0 Å². The highest BCUT2D eigenvalue weighted by molar-refractivity contribution is 7.12. The maximum absolute atomic E-state index is 11.0. The summed E-state index contributed by atoms with van der Waals surface area (Å²) in [5.74, 6) is 0.339. The van der Waals surface area contributed by atoms with Crippen molar-refractivity contribution in [1.29, 1.82) is 0 Å². The highest BCUT2D eigenvalue weighted by atomic mass is 32.1. The minimum atomic E-state index is -0.494. The van der Waals surface area contributed by atoms with Gasteiger partial charge in [0.1, 0.15) is 5.75 Å². The third-order valence-electron chi connectivity index (χ3n) is 2.41. The van der Waals surface area contributed by atoms with Crippen molar-refractivity contribution < 1.29 is 9.53 Å². The third-order valence-corrected chi connectivity index (χ3v) is 3.26. The number of aryl methyl sites for hydroxylation is 1. The molecule has 1 heterocycles. The van der Waals surface area contributed by atoms with Gasteiger partial charge in [-0.05, 0) is 30.7 Å². The van der Waals surface area contributed by atoms with Crippen molar-refractivity contribution in [3.63, 3.8) is 0 Å². The average molecular weight is 248 g/mol. The molecule has 0 unspecified atom stereocenters. The van der Waals surface area contributed by atoms with E-state index in [1.54, 1.807) is 7.11 Å². The zero-order chi connectivity index (χ0) is 12.4. The van der Waals surface area contributed by atoms with Gasteiger partial charge in [-0.1, -0.05) is 0 Å². The van der Waals surface area contributed by atoms with Crippen LogP contribution in [0.2, 0.25) is 0 Å². The Morgan fingerprint density at radius 1 is 1.47 bits per heavy atom. The number of benzene rings is 1. The molecule has 0 atom stereocenters. The smallest absolute Gasteiger partial charge is 0.277 e. The van der Waals surface area contributed by atoms with Gasteiger partial charge < -0.3 is 10.5 Å². The molecule has 0 aliphatic heterocycles. The van der Waals surface area contributed by atoms with Gasteiger partial charge in [0.05, 0.1) is 12.8 Å². The molecular weight excluding hydrogens is 236 g/mol. The molecule has 0 spiro atoms. The van der Waals surface area contributed by atoms with Crippen molar-refractivity contribution in [2.75, 3.05) is 7.11 Å². The number of methoxy groups -OCH3 is 1. The molecule has 2 N–H and O–H groups in total. The number of hydrogen-bond acceptors (Lipinski definition) is 4. The van der Waals surface area contributed by atoms with E-state index in [-0.39, 0.29) is 0 Å². The highest BCUT2D eigenvalue weighted by Crippen LogP contribution is 2.26. The van der Waals surface area contributed by atoms with E-state index < -0.39 is 5.91 Å². The second-order valence-electron chi connectivity index (χ2n) is 3.59. The van der Waals surface area contributed by atoms with Crippen LogP contribution >= 0.6 is 11.3 Å². The van der Waals surface area contributed by atoms with E-state index in [2.05, 4.69) is 4.98 Å². The first-order valence-electron chi connectivity index (χ1n) is 5.02. The van der Waals surface area contributed by atoms with E-state index in [4.69, 9.17) is 10.5 Å². The Balaban J connectivity index is 2.39. The van der Waals surface area contributed by atoms with E-state index in [0.29, 0.717) is 5.01 Å². The van der Waals surface area contributed by atoms with Crippen LogP contribution < -0.4 is 10.5 Å². The molecule has 1 aromatic carbocycles. The van der Waals surface area contributed by atoms with Crippen molar-refractivity contribution in [3.8, 4) is 17.0 Å². The first kappa shape index (κ1) is 11.6. The van der Waals surface area contributed by atoms with Crippen molar-refractivity contribution >= 4 is 17.2 Å². The number of amides is 1. The number of aromatic nitrogens is 1. The van der Waals surface area contributed by atoms with E-state index in [0.717, 1.165) is 22.6 Å². The van der Waals surface area contributed by atoms with Gasteiger partial charge in [0, 0.05) is 10.9 Å². The van der Waals surface area contributed by atoms with Gasteiger partial charge in [-0.2, -0.15) is 0 Å². The fraction of sp³-hybridized carbons (Fsp3) is 0.167. The number of carbonyl (C=O) groups is 1. The minimum Gasteiger partial charge on any atom is -0.496 e. The molecular formula is C12H12N2O2S. The second-order valence-corrected chi connectivity index (χ2v) is 4.44. The van der Waals surface area contributed by atoms with E-state index >= 15 is 0 Å². The monoisotopic (exact) mass is 248 g/mol. The third kappa shape index (κ3) is 2.29. The summed E-state index contributed by atoms with van der Waals surface area (Å²) in [5.41, 5.74) is 7.91. The lowest BCUT2D eigenvalue weighted by Crippen LogP contribution is -2.10. The number of nitrogens with zero attached hydrogens (tertiary/aromatic N) is 1. The van der Waals surface area contributed by atoms with Crippen LogP contribution in [0.3, 0.4) is 0 Å². The van der Waals surface area contributed by atoms with Gasteiger partial charge in [0.25, 0.3) is 5.91 Å². The SMILES string of the molecule is COc1ccc(-c2csc(C(N)=O)n2)cc1C. The van der Waals surface area contributed by atoms with Crippen LogP contribution in [0.25, 0.3) is 11.3 Å². The Morgan fingerprint density at radius 2 is 2.24 bits per heavy atom. The highest BCUT2D eigenvalue weighted by Gasteiger charge is 2.09. The molecule has 17 heavy (non-hydrogen) atoms. The molecule has 0 saturated carbocycles. The Morgan fingerprint density at radius 3 is 2.76 bits per heavy atom. The zero-order valence-corrected chi connectivity index (χ0v) is 10.4. The predicted octanol–water partition coefficient (Wildman–Crippen LogP) is 2.23. The predicted molar refractivity (Wildman–Crippen MR) is 67.4 cm³/mol. The maximum Gasteiger partial charge on any atom is 0.277 e. The van der Waals surface area contributed by atoms with Crippen LogP contribution in [0.15, 0.2) is 23.6 Å². The summed E-state index contributed by atoms with van der Waals surface area (Å²) in [6.07, 6.45) is 0. The van der Waals surface area contributed by atoms with Gasteiger partial charge in [-0.15, -0.1) is 11.3 Å². The van der Waals surface area contributed by atoms with Crippen LogP contribution in [-0.2, 0) is 0 Å². The molecule has 1 amide bonds. The number of primary amides is 1. The maximum atomic E-state index is 11.0. The Bertz CT molecular complexity index is 563. The number of thiazole rings is 1. The first-order valence-corrected chi connectivity index (χ1v) is 5.90. The number of rotatable bonds is 3. The minimum absolute atomic E-state index is 0.327. The molecule has 2 aromatic rings. The lowest BCUT2D eigenvalue weighted by Gasteiger charge is -2.05. The van der Waals surface area contributed by atoms with Crippen molar-refractivity contribution in [1.82, 2.24) is 4.98 Å². The van der Waals surface area contributed by atoms with E-state index in [1.807, 2.05) is 30.5 Å². The number of hydrogen-bond donors (Lipinski definition) is 1. The van der Waals surface area contributed by atoms with E-state index in [9.17, 15) is 4.79 Å². The molecule has 0 aliphatic carbocycles. The van der Waals surface area contributed by atoms with Gasteiger partial charge in [-0.25, -0.2) is 4.98 Å². The molecule has 0 bridgehead atoms. The molecule has 0 saturated heterocycles. The van der Waals surface area contributed by atoms with Gasteiger partial charge in [0.2, 0.25) is 0 Å². The molecule has 5 heteroatoms. The molecule has 0 fully saturated rings. The summed E-state index contributed by atoms with van der Waals surface area (Å²) in [7, 11) is 1.63. The Kier molecular flexibility index (Phi) is 3.10. The van der Waals surface area contributed by atoms with Crippen LogP contribution in [0.1, 0.15) is 15.4 Å². The second kappa shape index (κ2) is 4.55. The van der Waals surface area contributed by atoms with Crippen molar-refractivity contribution in [2.45, 2.75) is 6.92 Å². The number of carbonyl (C=O) groups excluding carboxylic acids is 1. The fourth-order valence-corrected chi connectivity index (χ4v) is 2.24. The van der Waals surface area contributed by atoms with Gasteiger partial charge in [-0.3, -0.25) is 4.79 Å². The van der Waals surface area contributed by atoms with Crippen molar-refractivity contribution in [3.05, 3.63) is 34.2 Å². The largest absolute Gasteiger partial charge is 0.496 e. The summed E-state index contributed by atoms with van der Waals surface area (Å²) in [6, 6.07) is 5.76. The molecule has 0 radical (unpaired) electrons. The molecule has 0 aliphatic rings. The lowest BCUT2D eigenvalue weighted by molar-refractivity contribution is 0.1000. The molecule has 4 nitrogen and oxygen atoms in total. The lowest BCUT2D eigenvalue weighted by atomic mass is 10.1. The summed E-state index contributed by atoms with van der Waals surface area (Å²) >= 11 is 1.25. The quantitative estimate of drug-likeness (QED) is 0.905. The Hall–Kier alpha value is -1.88. The summed E-state index contributed by atoms with van der Waals surface area (Å²) in [5, 5.41) is 2.15. The molecule has 2 rings (SSSR count). The first-order chi connectivity index (χ1) is 8.11. The summed E-state index contributed by atoms with van der Waals surface area (Å²) < 4.78 is 5.19. The molecule has 88 valence electrons. The molecule has 1 aromatic heterocycles. The Labute approximate surface area is 103 Å². The summed E-state index contributed by atoms with van der Waals surface area (Å²) in [4.78, 5) is 15.1. The van der Waals surface area contributed by atoms with Gasteiger partial charge in [0.15, 0.2) is 5.01 Å². The van der Waals surface area contributed by atoms with Crippen LogP contribution in [0.5, 0.6) is 5.75 Å². The van der Waals surface area contributed by atoms with Crippen LogP contribution in [-0.4, -0.2) is 18.0 Å². The van der Waals surface area contributed by atoms with Crippen LogP contribution in [0, 0.1) is 6.92 Å².